The van der Waals surface area contributed by atoms with Gasteiger partial charge in [0.05, 0.1) is 6.04 Å². The summed E-state index contributed by atoms with van der Waals surface area (Å²) in [6.07, 6.45) is 1.27. The van der Waals surface area contributed by atoms with Gasteiger partial charge in [0, 0.05) is 25.7 Å². The largest absolute Gasteiger partial charge is 0.336 e. The van der Waals surface area contributed by atoms with Gasteiger partial charge in [0.1, 0.15) is 0 Å². The fourth-order valence-electron chi connectivity index (χ4n) is 2.69. The highest BCUT2D eigenvalue weighted by Gasteiger charge is 2.51. The van der Waals surface area contributed by atoms with Crippen molar-refractivity contribution < 1.29 is 4.79 Å². The van der Waals surface area contributed by atoms with Crippen LogP contribution < -0.4 is 10.6 Å². The van der Waals surface area contributed by atoms with E-state index in [0.29, 0.717) is 12.1 Å². The molecule has 0 radical (unpaired) electrons. The van der Waals surface area contributed by atoms with Crippen molar-refractivity contribution in [3.05, 3.63) is 0 Å². The Hall–Kier alpha value is -0.770. The van der Waals surface area contributed by atoms with E-state index >= 15 is 0 Å². The quantitative estimate of drug-likeness (QED) is 0.546. The molecule has 4 heteroatoms. The molecular formula is C8H13N3O. The normalized spacial score (nSPS) is 44.5. The number of nitrogens with one attached hydrogen (secondary N) is 2. The molecule has 3 aliphatic heterocycles. The monoisotopic (exact) mass is 167 g/mol. The lowest BCUT2D eigenvalue weighted by Gasteiger charge is -2.40. The number of fused-ring (bicyclic) bond motifs is 1. The maximum absolute atomic E-state index is 11.3. The van der Waals surface area contributed by atoms with E-state index in [4.69, 9.17) is 0 Å². The summed E-state index contributed by atoms with van der Waals surface area (Å²) in [5.41, 5.74) is 0. The Morgan fingerprint density at radius 1 is 1.50 bits per heavy atom. The van der Waals surface area contributed by atoms with Gasteiger partial charge in [-0.05, 0) is 12.3 Å². The summed E-state index contributed by atoms with van der Waals surface area (Å²) in [7, 11) is 0. The summed E-state index contributed by atoms with van der Waals surface area (Å²) < 4.78 is 0. The Balaban J connectivity index is 1.77. The van der Waals surface area contributed by atoms with Crippen molar-refractivity contribution >= 4 is 6.03 Å². The Morgan fingerprint density at radius 3 is 2.92 bits per heavy atom. The van der Waals surface area contributed by atoms with Crippen molar-refractivity contribution in [1.82, 2.24) is 15.5 Å². The lowest BCUT2D eigenvalue weighted by atomic mass is 9.79. The molecule has 0 aromatic carbocycles. The average Bonchev–Trinajstić information content (AvgIpc) is 2.64. The molecule has 4 nitrogen and oxygen atoms in total. The lowest BCUT2D eigenvalue weighted by molar-refractivity contribution is 0.122. The smallest absolute Gasteiger partial charge is 0.317 e. The van der Waals surface area contributed by atoms with E-state index in [0.717, 1.165) is 25.6 Å². The zero-order chi connectivity index (χ0) is 8.13. The highest BCUT2D eigenvalue weighted by Crippen LogP contribution is 2.38. The van der Waals surface area contributed by atoms with Gasteiger partial charge < -0.3 is 15.5 Å². The maximum Gasteiger partial charge on any atom is 0.317 e. The molecule has 2 amide bonds. The van der Waals surface area contributed by atoms with Crippen molar-refractivity contribution in [2.75, 3.05) is 19.6 Å². The predicted molar refractivity (Wildman–Crippen MR) is 43.8 cm³/mol. The predicted octanol–water partition coefficient (Wildman–Crippen LogP) is -0.628. The summed E-state index contributed by atoms with van der Waals surface area (Å²) in [4.78, 5) is 13.3. The number of rotatable bonds is 1. The summed E-state index contributed by atoms with van der Waals surface area (Å²) >= 11 is 0. The van der Waals surface area contributed by atoms with Gasteiger partial charge in [0.15, 0.2) is 0 Å². The second-order valence-electron chi connectivity index (χ2n) is 3.93. The number of amides is 2. The molecule has 3 saturated heterocycles. The third-order valence-corrected chi connectivity index (χ3v) is 3.34. The zero-order valence-electron chi connectivity index (χ0n) is 6.92. The Labute approximate surface area is 71.3 Å². The van der Waals surface area contributed by atoms with Gasteiger partial charge in [-0.25, -0.2) is 4.79 Å². The van der Waals surface area contributed by atoms with Gasteiger partial charge in [-0.3, -0.25) is 0 Å². The van der Waals surface area contributed by atoms with Gasteiger partial charge in [0.25, 0.3) is 0 Å². The van der Waals surface area contributed by atoms with Gasteiger partial charge in [-0.2, -0.15) is 0 Å². The zero-order valence-corrected chi connectivity index (χ0v) is 6.92. The lowest BCUT2D eigenvalue weighted by Crippen LogP contribution is -2.55. The summed E-state index contributed by atoms with van der Waals surface area (Å²) in [5.74, 6) is 0.735. The number of nitrogens with zero attached hydrogens (tertiary/aromatic N) is 1. The highest BCUT2D eigenvalue weighted by molar-refractivity contribution is 5.77. The Kier molecular flexibility index (Phi) is 1.19. The minimum absolute atomic E-state index is 0.137. The van der Waals surface area contributed by atoms with Gasteiger partial charge in [-0.15, -0.1) is 0 Å². The molecule has 2 N–H and O–H groups in total. The van der Waals surface area contributed by atoms with Gasteiger partial charge >= 0.3 is 6.03 Å². The Bertz CT molecular complexity index is 216. The maximum atomic E-state index is 11.3. The first-order valence-corrected chi connectivity index (χ1v) is 4.64. The molecule has 3 heterocycles. The molecule has 0 spiro atoms. The van der Waals surface area contributed by atoms with E-state index in [1.807, 2.05) is 4.90 Å². The first-order chi connectivity index (χ1) is 5.86. The van der Waals surface area contributed by atoms with Gasteiger partial charge in [-0.1, -0.05) is 0 Å². The SMILES string of the molecule is O=C1NCCN1C1C2CNC1C2. The number of urea groups is 1. The van der Waals surface area contributed by atoms with Crippen molar-refractivity contribution in [3.63, 3.8) is 0 Å². The number of hydrogen-bond donors (Lipinski definition) is 2. The topological polar surface area (TPSA) is 44.4 Å². The van der Waals surface area contributed by atoms with Crippen LogP contribution in [0.5, 0.6) is 0 Å². The number of hydrogen-bond acceptors (Lipinski definition) is 2. The summed E-state index contributed by atoms with van der Waals surface area (Å²) in [6, 6.07) is 1.24. The standard InChI is InChI=1S/C8H13N3O/c12-8-9-1-2-11(8)7-5-3-6(7)10-4-5/h5-7,10H,1-4H2,(H,9,12). The molecule has 1 saturated carbocycles. The van der Waals surface area contributed by atoms with Crippen LogP contribution in [0.3, 0.4) is 0 Å². The minimum atomic E-state index is 0.137. The van der Waals surface area contributed by atoms with Crippen LogP contribution in [0.2, 0.25) is 0 Å². The first-order valence-electron chi connectivity index (χ1n) is 4.64. The van der Waals surface area contributed by atoms with E-state index < -0.39 is 0 Å². The molecule has 1 aliphatic carbocycles. The molecule has 0 aromatic rings. The second kappa shape index (κ2) is 2.13. The van der Waals surface area contributed by atoms with Crippen LogP contribution in [0.1, 0.15) is 6.42 Å². The van der Waals surface area contributed by atoms with Crippen LogP contribution >= 0.6 is 0 Å². The van der Waals surface area contributed by atoms with E-state index in [1.54, 1.807) is 0 Å². The van der Waals surface area contributed by atoms with Crippen molar-refractivity contribution in [2.24, 2.45) is 5.92 Å². The third kappa shape index (κ3) is 0.684. The van der Waals surface area contributed by atoms with Crippen molar-refractivity contribution in [1.29, 1.82) is 0 Å². The van der Waals surface area contributed by atoms with Crippen LogP contribution in [0.15, 0.2) is 0 Å². The van der Waals surface area contributed by atoms with Crippen LogP contribution in [0, 0.1) is 5.92 Å². The fraction of sp³-hybridized carbons (Fsp3) is 0.875. The van der Waals surface area contributed by atoms with Crippen LogP contribution in [0.4, 0.5) is 4.79 Å². The third-order valence-electron chi connectivity index (χ3n) is 3.34. The molecule has 66 valence electrons. The molecular weight excluding hydrogens is 154 g/mol. The molecule has 12 heavy (non-hydrogen) atoms. The van der Waals surface area contributed by atoms with Crippen LogP contribution in [-0.4, -0.2) is 42.6 Å². The van der Waals surface area contributed by atoms with Gasteiger partial charge in [0.2, 0.25) is 0 Å². The minimum Gasteiger partial charge on any atom is -0.336 e. The summed E-state index contributed by atoms with van der Waals surface area (Å²) in [6.45, 7) is 2.84. The molecule has 4 fully saturated rings. The van der Waals surface area contributed by atoms with E-state index in [-0.39, 0.29) is 6.03 Å². The number of carbonyl (C=O) groups is 1. The molecule has 4 rings (SSSR count). The van der Waals surface area contributed by atoms with Crippen LogP contribution in [0.25, 0.3) is 0 Å². The molecule has 4 aliphatic rings. The van der Waals surface area contributed by atoms with Crippen LogP contribution in [-0.2, 0) is 0 Å². The molecule has 3 unspecified atom stereocenters. The van der Waals surface area contributed by atoms with E-state index in [1.165, 1.54) is 6.42 Å². The first kappa shape index (κ1) is 6.71. The van der Waals surface area contributed by atoms with E-state index in [2.05, 4.69) is 10.6 Å². The molecule has 3 atom stereocenters. The molecule has 2 bridgehead atoms. The highest BCUT2D eigenvalue weighted by atomic mass is 16.2. The van der Waals surface area contributed by atoms with E-state index in [9.17, 15) is 4.79 Å². The summed E-state index contributed by atoms with van der Waals surface area (Å²) in [5, 5.41) is 6.27. The van der Waals surface area contributed by atoms with Crippen molar-refractivity contribution in [2.45, 2.75) is 18.5 Å². The second-order valence-corrected chi connectivity index (χ2v) is 3.93. The Morgan fingerprint density at radius 2 is 2.42 bits per heavy atom. The van der Waals surface area contributed by atoms with Crippen molar-refractivity contribution in [3.8, 4) is 0 Å². The fourth-order valence-corrected chi connectivity index (χ4v) is 2.69. The number of carbonyl (C=O) groups excluding carboxylic acids is 1. The molecule has 0 aromatic heterocycles. The average molecular weight is 167 g/mol.